The Morgan fingerprint density at radius 3 is 2.10 bits per heavy atom. The number of hydrazine groups is 1. The average molecular weight is 290 g/mol. The van der Waals surface area contributed by atoms with Gasteiger partial charge in [0.1, 0.15) is 11.6 Å². The van der Waals surface area contributed by atoms with Crippen molar-refractivity contribution in [2.45, 2.75) is 6.92 Å². The largest absolute Gasteiger partial charge is 0.270 e. The van der Waals surface area contributed by atoms with E-state index in [1.807, 2.05) is 0 Å². The number of halogens is 2. The first-order valence-corrected chi connectivity index (χ1v) is 6.10. The Morgan fingerprint density at radius 2 is 1.43 bits per heavy atom. The van der Waals surface area contributed by atoms with Crippen molar-refractivity contribution in [2.24, 2.45) is 0 Å². The van der Waals surface area contributed by atoms with Gasteiger partial charge in [-0.25, -0.2) is 8.78 Å². The van der Waals surface area contributed by atoms with E-state index in [0.29, 0.717) is 5.56 Å². The van der Waals surface area contributed by atoms with Gasteiger partial charge < -0.3 is 0 Å². The number of nitrogens with one attached hydrogen (secondary N) is 2. The Balaban J connectivity index is 2.02. The molecule has 0 aliphatic rings. The van der Waals surface area contributed by atoms with Crippen LogP contribution in [0.4, 0.5) is 8.78 Å². The molecule has 2 amide bonds. The molecule has 2 aromatic carbocycles. The van der Waals surface area contributed by atoms with Crippen LogP contribution in [0, 0.1) is 18.6 Å². The van der Waals surface area contributed by atoms with Crippen molar-refractivity contribution in [3.05, 3.63) is 70.8 Å². The SMILES string of the molecule is Cc1ccc(F)cc1C(=O)NNC(=O)c1ccc(F)cc1. The van der Waals surface area contributed by atoms with E-state index in [1.54, 1.807) is 6.92 Å². The molecule has 108 valence electrons. The summed E-state index contributed by atoms with van der Waals surface area (Å²) in [5.41, 5.74) is 5.24. The van der Waals surface area contributed by atoms with Gasteiger partial charge in [0.25, 0.3) is 11.8 Å². The number of carbonyl (C=O) groups is 2. The molecule has 2 rings (SSSR count). The molecule has 0 aromatic heterocycles. The molecule has 2 N–H and O–H groups in total. The minimum Gasteiger partial charge on any atom is -0.267 e. The Hall–Kier alpha value is -2.76. The van der Waals surface area contributed by atoms with Gasteiger partial charge in [-0.2, -0.15) is 0 Å². The van der Waals surface area contributed by atoms with E-state index in [4.69, 9.17) is 0 Å². The fourth-order valence-electron chi connectivity index (χ4n) is 1.69. The van der Waals surface area contributed by atoms with Crippen LogP contribution in [0.3, 0.4) is 0 Å². The van der Waals surface area contributed by atoms with E-state index in [-0.39, 0.29) is 11.1 Å². The van der Waals surface area contributed by atoms with Gasteiger partial charge in [-0.3, -0.25) is 20.4 Å². The molecule has 0 saturated heterocycles. The van der Waals surface area contributed by atoms with Crippen LogP contribution >= 0.6 is 0 Å². The summed E-state index contributed by atoms with van der Waals surface area (Å²) in [6.07, 6.45) is 0. The molecule has 0 spiro atoms. The molecule has 0 unspecified atom stereocenters. The molecule has 6 heteroatoms. The van der Waals surface area contributed by atoms with Gasteiger partial charge >= 0.3 is 0 Å². The van der Waals surface area contributed by atoms with Crippen LogP contribution in [-0.4, -0.2) is 11.8 Å². The molecule has 0 atom stereocenters. The second kappa shape index (κ2) is 6.13. The van der Waals surface area contributed by atoms with Crippen LogP contribution in [-0.2, 0) is 0 Å². The molecule has 0 radical (unpaired) electrons. The van der Waals surface area contributed by atoms with Crippen LogP contribution in [0.15, 0.2) is 42.5 Å². The van der Waals surface area contributed by atoms with Gasteiger partial charge in [0, 0.05) is 11.1 Å². The molecule has 0 aliphatic heterocycles. The lowest BCUT2D eigenvalue weighted by Gasteiger charge is -2.09. The third-order valence-electron chi connectivity index (χ3n) is 2.84. The van der Waals surface area contributed by atoms with E-state index < -0.39 is 23.4 Å². The monoisotopic (exact) mass is 290 g/mol. The number of rotatable bonds is 2. The van der Waals surface area contributed by atoms with Crippen molar-refractivity contribution in [1.29, 1.82) is 0 Å². The normalized spacial score (nSPS) is 10.0. The maximum Gasteiger partial charge on any atom is 0.270 e. The molecule has 4 nitrogen and oxygen atoms in total. The van der Waals surface area contributed by atoms with Crippen molar-refractivity contribution >= 4 is 11.8 Å². The number of benzene rings is 2. The van der Waals surface area contributed by atoms with E-state index in [0.717, 1.165) is 18.2 Å². The second-order valence-electron chi connectivity index (χ2n) is 4.37. The summed E-state index contributed by atoms with van der Waals surface area (Å²) >= 11 is 0. The van der Waals surface area contributed by atoms with Crippen molar-refractivity contribution in [2.75, 3.05) is 0 Å². The van der Waals surface area contributed by atoms with Gasteiger partial charge in [0.15, 0.2) is 0 Å². The zero-order chi connectivity index (χ0) is 15.4. The maximum atomic E-state index is 13.1. The van der Waals surface area contributed by atoms with E-state index in [2.05, 4.69) is 10.9 Å². The fourth-order valence-corrected chi connectivity index (χ4v) is 1.69. The molecule has 0 fully saturated rings. The smallest absolute Gasteiger partial charge is 0.267 e. The zero-order valence-electron chi connectivity index (χ0n) is 11.1. The molecule has 0 heterocycles. The van der Waals surface area contributed by atoms with Gasteiger partial charge in [0.05, 0.1) is 0 Å². The summed E-state index contributed by atoms with van der Waals surface area (Å²) in [5.74, 6) is -2.25. The highest BCUT2D eigenvalue weighted by molar-refractivity contribution is 5.99. The third-order valence-corrected chi connectivity index (χ3v) is 2.84. The number of hydrogen-bond acceptors (Lipinski definition) is 2. The molecule has 0 saturated carbocycles. The van der Waals surface area contributed by atoms with E-state index >= 15 is 0 Å². The topological polar surface area (TPSA) is 58.2 Å². The van der Waals surface area contributed by atoms with Crippen LogP contribution in [0.1, 0.15) is 26.3 Å². The van der Waals surface area contributed by atoms with Crippen LogP contribution in [0.2, 0.25) is 0 Å². The van der Waals surface area contributed by atoms with E-state index in [1.165, 1.54) is 24.3 Å². The molecule has 0 aliphatic carbocycles. The lowest BCUT2D eigenvalue weighted by atomic mass is 10.1. The minimum absolute atomic E-state index is 0.120. The van der Waals surface area contributed by atoms with Crippen LogP contribution < -0.4 is 10.9 Å². The summed E-state index contributed by atoms with van der Waals surface area (Å²) in [6, 6.07) is 8.61. The predicted octanol–water partition coefficient (Wildman–Crippen LogP) is 2.35. The summed E-state index contributed by atoms with van der Waals surface area (Å²) < 4.78 is 25.8. The highest BCUT2D eigenvalue weighted by Crippen LogP contribution is 2.09. The third kappa shape index (κ3) is 3.62. The zero-order valence-corrected chi connectivity index (χ0v) is 11.1. The Labute approximate surface area is 119 Å². The summed E-state index contributed by atoms with van der Waals surface area (Å²) in [4.78, 5) is 23.6. The Morgan fingerprint density at radius 1 is 0.857 bits per heavy atom. The van der Waals surface area contributed by atoms with Gasteiger partial charge in [-0.05, 0) is 48.9 Å². The predicted molar refractivity (Wildman–Crippen MR) is 72.5 cm³/mol. The molecule has 2 aromatic rings. The summed E-state index contributed by atoms with van der Waals surface area (Å²) in [7, 11) is 0. The summed E-state index contributed by atoms with van der Waals surface area (Å²) in [6.45, 7) is 1.65. The first kappa shape index (κ1) is 14.6. The van der Waals surface area contributed by atoms with Crippen molar-refractivity contribution in [3.63, 3.8) is 0 Å². The van der Waals surface area contributed by atoms with Gasteiger partial charge in [0.2, 0.25) is 0 Å². The maximum absolute atomic E-state index is 13.1. The quantitative estimate of drug-likeness (QED) is 0.834. The van der Waals surface area contributed by atoms with Crippen molar-refractivity contribution in [3.8, 4) is 0 Å². The Bertz CT molecular complexity index is 685. The van der Waals surface area contributed by atoms with E-state index in [9.17, 15) is 18.4 Å². The average Bonchev–Trinajstić information content (AvgIpc) is 2.47. The fraction of sp³-hybridized carbons (Fsp3) is 0.0667. The van der Waals surface area contributed by atoms with Crippen molar-refractivity contribution < 1.29 is 18.4 Å². The van der Waals surface area contributed by atoms with Gasteiger partial charge in [-0.15, -0.1) is 0 Å². The highest BCUT2D eigenvalue weighted by Gasteiger charge is 2.12. The standard InChI is InChI=1S/C15H12F2N2O2/c1-9-2-5-12(17)8-13(9)15(21)19-18-14(20)10-3-6-11(16)7-4-10/h2-8H,1H3,(H,18,20)(H,19,21). The Kier molecular flexibility index (Phi) is 4.27. The lowest BCUT2D eigenvalue weighted by molar-refractivity contribution is 0.0846. The van der Waals surface area contributed by atoms with Crippen LogP contribution in [0.5, 0.6) is 0 Å². The number of amides is 2. The highest BCUT2D eigenvalue weighted by atomic mass is 19.1. The molecular formula is C15H12F2N2O2. The molecular weight excluding hydrogens is 278 g/mol. The first-order valence-electron chi connectivity index (χ1n) is 6.10. The number of aryl methyl sites for hydroxylation is 1. The van der Waals surface area contributed by atoms with Gasteiger partial charge in [-0.1, -0.05) is 6.07 Å². The first-order chi connectivity index (χ1) is 9.97. The van der Waals surface area contributed by atoms with Crippen molar-refractivity contribution in [1.82, 2.24) is 10.9 Å². The number of carbonyl (C=O) groups excluding carboxylic acids is 2. The molecule has 21 heavy (non-hydrogen) atoms. The summed E-state index contributed by atoms with van der Waals surface area (Å²) in [5, 5.41) is 0. The minimum atomic E-state index is -0.637. The lowest BCUT2D eigenvalue weighted by Crippen LogP contribution is -2.41. The number of hydrogen-bond donors (Lipinski definition) is 2. The second-order valence-corrected chi connectivity index (χ2v) is 4.37. The molecule has 0 bridgehead atoms. The van der Waals surface area contributed by atoms with Crippen LogP contribution in [0.25, 0.3) is 0 Å².